The van der Waals surface area contributed by atoms with Gasteiger partial charge in [-0.25, -0.2) is 4.39 Å². The van der Waals surface area contributed by atoms with Gasteiger partial charge in [-0.05, 0) is 33.1 Å². The van der Waals surface area contributed by atoms with Crippen molar-refractivity contribution >= 4 is 5.91 Å². The Balaban J connectivity index is 2.03. The Morgan fingerprint density at radius 2 is 2.25 bits per heavy atom. The maximum atomic E-state index is 12.9. The molecule has 0 aromatic carbocycles. The number of aryl methyl sites for hydroxylation is 2. The van der Waals surface area contributed by atoms with E-state index in [0.29, 0.717) is 36.3 Å². The van der Waals surface area contributed by atoms with Gasteiger partial charge in [0.25, 0.3) is 5.91 Å². The van der Waals surface area contributed by atoms with E-state index in [1.54, 1.807) is 13.8 Å². The van der Waals surface area contributed by atoms with Crippen molar-refractivity contribution in [2.75, 3.05) is 0 Å². The van der Waals surface area contributed by atoms with Crippen LogP contribution >= 0.6 is 0 Å². The van der Waals surface area contributed by atoms with Crippen LogP contribution in [0, 0.1) is 13.8 Å². The number of alkyl halides is 1. The fourth-order valence-electron chi connectivity index (χ4n) is 2.12. The van der Waals surface area contributed by atoms with Crippen molar-refractivity contribution in [2.24, 2.45) is 0 Å². The molecule has 16 heavy (non-hydrogen) atoms. The predicted octanol–water partition coefficient (Wildman–Crippen LogP) is 1.91. The molecular weight excluding hydrogens is 211 g/mol. The number of hydrogen-bond acceptors (Lipinski definition) is 3. The Labute approximate surface area is 93.2 Å². The SMILES string of the molecule is Cc1noc(C)c1C(=O)NC1CCC(F)C1. The van der Waals surface area contributed by atoms with E-state index in [9.17, 15) is 9.18 Å². The van der Waals surface area contributed by atoms with Crippen molar-refractivity contribution < 1.29 is 13.7 Å². The molecular formula is C11H15FN2O2. The summed E-state index contributed by atoms with van der Waals surface area (Å²) in [5.74, 6) is 0.292. The molecule has 4 nitrogen and oxygen atoms in total. The van der Waals surface area contributed by atoms with Gasteiger partial charge in [0.05, 0.1) is 5.69 Å². The van der Waals surface area contributed by atoms with Crippen LogP contribution in [0.15, 0.2) is 4.52 Å². The van der Waals surface area contributed by atoms with Gasteiger partial charge in [-0.1, -0.05) is 5.16 Å². The van der Waals surface area contributed by atoms with E-state index in [-0.39, 0.29) is 11.9 Å². The molecule has 0 aliphatic heterocycles. The van der Waals surface area contributed by atoms with Crippen molar-refractivity contribution in [2.45, 2.75) is 45.3 Å². The summed E-state index contributed by atoms with van der Waals surface area (Å²) in [5.41, 5.74) is 1.05. The summed E-state index contributed by atoms with van der Waals surface area (Å²) in [6.07, 6.45) is 0.868. The molecule has 1 heterocycles. The molecule has 1 aromatic heterocycles. The summed E-state index contributed by atoms with van der Waals surface area (Å²) in [5, 5.41) is 6.53. The number of amides is 1. The predicted molar refractivity (Wildman–Crippen MR) is 56.0 cm³/mol. The van der Waals surface area contributed by atoms with Crippen LogP contribution in [0.4, 0.5) is 4.39 Å². The van der Waals surface area contributed by atoms with E-state index >= 15 is 0 Å². The molecule has 2 rings (SSSR count). The molecule has 0 saturated heterocycles. The molecule has 1 N–H and O–H groups in total. The molecule has 5 heteroatoms. The van der Waals surface area contributed by atoms with Gasteiger partial charge in [0, 0.05) is 6.04 Å². The number of nitrogens with zero attached hydrogens (tertiary/aromatic N) is 1. The van der Waals surface area contributed by atoms with Crippen LogP contribution in [0.3, 0.4) is 0 Å². The van der Waals surface area contributed by atoms with Gasteiger partial charge in [-0.2, -0.15) is 0 Å². The lowest BCUT2D eigenvalue weighted by molar-refractivity contribution is 0.0934. The Kier molecular flexibility index (Phi) is 2.94. The minimum Gasteiger partial charge on any atom is -0.361 e. The Bertz CT molecular complexity index is 383. The minimum absolute atomic E-state index is 0.0591. The maximum absolute atomic E-state index is 12.9. The number of halogens is 1. The van der Waals surface area contributed by atoms with Crippen LogP contribution < -0.4 is 5.32 Å². The third-order valence-electron chi connectivity index (χ3n) is 2.96. The third-order valence-corrected chi connectivity index (χ3v) is 2.96. The van der Waals surface area contributed by atoms with E-state index < -0.39 is 6.17 Å². The zero-order chi connectivity index (χ0) is 11.7. The fraction of sp³-hybridized carbons (Fsp3) is 0.636. The number of hydrogen-bond donors (Lipinski definition) is 1. The molecule has 1 fully saturated rings. The first-order valence-corrected chi connectivity index (χ1v) is 5.45. The number of nitrogens with one attached hydrogen (secondary N) is 1. The monoisotopic (exact) mass is 226 g/mol. The zero-order valence-corrected chi connectivity index (χ0v) is 9.42. The summed E-state index contributed by atoms with van der Waals surface area (Å²) in [6.45, 7) is 3.42. The van der Waals surface area contributed by atoms with Gasteiger partial charge in [0.1, 0.15) is 17.5 Å². The van der Waals surface area contributed by atoms with Gasteiger partial charge in [-0.15, -0.1) is 0 Å². The van der Waals surface area contributed by atoms with E-state index in [0.717, 1.165) is 0 Å². The molecule has 1 aliphatic rings. The van der Waals surface area contributed by atoms with E-state index in [1.807, 2.05) is 0 Å². The smallest absolute Gasteiger partial charge is 0.257 e. The third kappa shape index (κ3) is 2.08. The molecule has 0 bridgehead atoms. The summed E-state index contributed by atoms with van der Waals surface area (Å²) in [6, 6.07) is -0.0591. The lowest BCUT2D eigenvalue weighted by Crippen LogP contribution is -2.33. The standard InChI is InChI=1S/C11H15FN2O2/c1-6-10(7(2)16-14-6)11(15)13-9-4-3-8(12)5-9/h8-9H,3-5H2,1-2H3,(H,13,15). The van der Waals surface area contributed by atoms with Crippen molar-refractivity contribution in [3.05, 3.63) is 17.0 Å². The molecule has 1 aromatic rings. The lowest BCUT2D eigenvalue weighted by atomic mass is 10.1. The number of aromatic nitrogens is 1. The highest BCUT2D eigenvalue weighted by Gasteiger charge is 2.27. The average molecular weight is 226 g/mol. The van der Waals surface area contributed by atoms with Gasteiger partial charge >= 0.3 is 0 Å². The topological polar surface area (TPSA) is 55.1 Å². The zero-order valence-electron chi connectivity index (χ0n) is 9.42. The van der Waals surface area contributed by atoms with E-state index in [4.69, 9.17) is 4.52 Å². The van der Waals surface area contributed by atoms with Crippen LogP contribution in [0.5, 0.6) is 0 Å². The highest BCUT2D eigenvalue weighted by atomic mass is 19.1. The molecule has 1 amide bonds. The second-order valence-electron chi connectivity index (χ2n) is 4.28. The van der Waals surface area contributed by atoms with Gasteiger partial charge in [-0.3, -0.25) is 4.79 Å². The molecule has 0 radical (unpaired) electrons. The Morgan fingerprint density at radius 1 is 1.50 bits per heavy atom. The quantitative estimate of drug-likeness (QED) is 0.838. The first-order valence-electron chi connectivity index (χ1n) is 5.45. The van der Waals surface area contributed by atoms with Crippen LogP contribution in [0.1, 0.15) is 41.1 Å². The van der Waals surface area contributed by atoms with Crippen LogP contribution in [0.2, 0.25) is 0 Å². The van der Waals surface area contributed by atoms with Crippen molar-refractivity contribution in [3.8, 4) is 0 Å². The van der Waals surface area contributed by atoms with Crippen molar-refractivity contribution in [1.29, 1.82) is 0 Å². The second kappa shape index (κ2) is 4.23. The summed E-state index contributed by atoms with van der Waals surface area (Å²) < 4.78 is 17.9. The molecule has 88 valence electrons. The summed E-state index contributed by atoms with van der Waals surface area (Å²) in [7, 11) is 0. The molecule has 2 unspecified atom stereocenters. The summed E-state index contributed by atoms with van der Waals surface area (Å²) >= 11 is 0. The van der Waals surface area contributed by atoms with Gasteiger partial charge < -0.3 is 9.84 Å². The maximum Gasteiger partial charge on any atom is 0.257 e. The first-order chi connectivity index (χ1) is 7.58. The molecule has 0 spiro atoms. The molecule has 1 saturated carbocycles. The van der Waals surface area contributed by atoms with Gasteiger partial charge in [0.2, 0.25) is 0 Å². The van der Waals surface area contributed by atoms with E-state index in [2.05, 4.69) is 10.5 Å². The van der Waals surface area contributed by atoms with Crippen molar-refractivity contribution in [3.63, 3.8) is 0 Å². The fourth-order valence-corrected chi connectivity index (χ4v) is 2.12. The van der Waals surface area contributed by atoms with Crippen LogP contribution in [-0.2, 0) is 0 Å². The minimum atomic E-state index is -0.782. The summed E-state index contributed by atoms with van der Waals surface area (Å²) in [4.78, 5) is 11.9. The number of rotatable bonds is 2. The number of carbonyl (C=O) groups is 1. The lowest BCUT2D eigenvalue weighted by Gasteiger charge is -2.11. The first kappa shape index (κ1) is 11.1. The van der Waals surface area contributed by atoms with Crippen LogP contribution in [-0.4, -0.2) is 23.3 Å². The molecule has 1 aliphatic carbocycles. The van der Waals surface area contributed by atoms with Gasteiger partial charge in [0.15, 0.2) is 0 Å². The molecule has 2 atom stereocenters. The second-order valence-corrected chi connectivity index (χ2v) is 4.28. The van der Waals surface area contributed by atoms with Crippen molar-refractivity contribution in [1.82, 2.24) is 10.5 Å². The average Bonchev–Trinajstić information content (AvgIpc) is 2.74. The highest BCUT2D eigenvalue weighted by Crippen LogP contribution is 2.22. The Hall–Kier alpha value is -1.39. The number of carbonyl (C=O) groups excluding carboxylic acids is 1. The highest BCUT2D eigenvalue weighted by molar-refractivity contribution is 5.96. The Morgan fingerprint density at radius 3 is 2.75 bits per heavy atom. The normalized spacial score (nSPS) is 24.7. The van der Waals surface area contributed by atoms with Crippen LogP contribution in [0.25, 0.3) is 0 Å². The van der Waals surface area contributed by atoms with E-state index in [1.165, 1.54) is 0 Å². The largest absolute Gasteiger partial charge is 0.361 e.